The number of aromatic nitrogens is 2. The molecule has 0 saturated carbocycles. The summed E-state index contributed by atoms with van der Waals surface area (Å²) in [6.07, 6.45) is -3.92. The summed E-state index contributed by atoms with van der Waals surface area (Å²) in [7, 11) is 0. The molecule has 14 heteroatoms. The third-order valence-corrected chi connectivity index (χ3v) is 6.16. The van der Waals surface area contributed by atoms with Gasteiger partial charge in [0, 0.05) is 18.7 Å². The van der Waals surface area contributed by atoms with E-state index >= 15 is 0 Å². The van der Waals surface area contributed by atoms with Gasteiger partial charge in [0.1, 0.15) is 11.5 Å². The average molecular weight is 626 g/mol. The molecular formula is C30H29F6N3O5. The van der Waals surface area contributed by atoms with Gasteiger partial charge in [0.25, 0.3) is 11.8 Å². The Kier molecular flexibility index (Phi) is 11.6. The van der Waals surface area contributed by atoms with Crippen LogP contribution in [0, 0.1) is 0 Å². The molecule has 3 aromatic carbocycles. The fourth-order valence-electron chi connectivity index (χ4n) is 3.81. The Morgan fingerprint density at radius 3 is 2.00 bits per heavy atom. The number of aliphatic carboxylic acids is 1. The van der Waals surface area contributed by atoms with E-state index in [1.165, 1.54) is 26.0 Å². The maximum atomic E-state index is 12.9. The van der Waals surface area contributed by atoms with Crippen molar-refractivity contribution in [2.75, 3.05) is 25.2 Å². The molecule has 0 aliphatic rings. The maximum Gasteiger partial charge on any atom is 0.416 e. The van der Waals surface area contributed by atoms with E-state index in [1.54, 1.807) is 36.4 Å². The SMILES string of the molecule is CC(C)(Oc1ccc(CCN(Cc2ccc(OCF)cc2)c2noc(-c3ccc(C(F)(F)F)cc3)n2)cc1)C(=O)O.FCF. The Labute approximate surface area is 248 Å². The largest absolute Gasteiger partial charge is 0.478 e. The van der Waals surface area contributed by atoms with Gasteiger partial charge in [0.05, 0.1) is 5.56 Å². The second kappa shape index (κ2) is 15.1. The number of anilines is 1. The van der Waals surface area contributed by atoms with Crippen molar-refractivity contribution in [2.24, 2.45) is 0 Å². The lowest BCUT2D eigenvalue weighted by molar-refractivity contribution is -0.152. The van der Waals surface area contributed by atoms with Crippen LogP contribution >= 0.6 is 0 Å². The Morgan fingerprint density at radius 1 is 0.886 bits per heavy atom. The minimum Gasteiger partial charge on any atom is -0.478 e. The molecule has 0 amide bonds. The van der Waals surface area contributed by atoms with Gasteiger partial charge in [-0.3, -0.25) is 0 Å². The highest BCUT2D eigenvalue weighted by molar-refractivity contribution is 5.76. The first kappa shape index (κ1) is 33.7. The number of nitrogens with zero attached hydrogens (tertiary/aromatic N) is 3. The molecule has 0 aliphatic heterocycles. The predicted molar refractivity (Wildman–Crippen MR) is 148 cm³/mol. The number of carbonyl (C=O) groups is 1. The van der Waals surface area contributed by atoms with Crippen LogP contribution in [0.15, 0.2) is 77.3 Å². The second-order valence-electron chi connectivity index (χ2n) is 9.71. The quantitative estimate of drug-likeness (QED) is 0.162. The molecule has 0 radical (unpaired) electrons. The van der Waals surface area contributed by atoms with Gasteiger partial charge in [-0.05, 0) is 85.1 Å². The van der Waals surface area contributed by atoms with Crippen molar-refractivity contribution in [3.8, 4) is 23.0 Å². The monoisotopic (exact) mass is 625 g/mol. The van der Waals surface area contributed by atoms with Gasteiger partial charge >= 0.3 is 12.1 Å². The summed E-state index contributed by atoms with van der Waals surface area (Å²) < 4.78 is 86.3. The van der Waals surface area contributed by atoms with Gasteiger partial charge in [0.15, 0.2) is 5.60 Å². The molecular weight excluding hydrogens is 596 g/mol. The summed E-state index contributed by atoms with van der Waals surface area (Å²) in [4.78, 5) is 17.6. The molecule has 4 rings (SSSR count). The lowest BCUT2D eigenvalue weighted by atomic mass is 10.1. The van der Waals surface area contributed by atoms with Crippen molar-refractivity contribution in [3.63, 3.8) is 0 Å². The zero-order valence-corrected chi connectivity index (χ0v) is 23.7. The zero-order valence-electron chi connectivity index (χ0n) is 23.7. The normalized spacial score (nSPS) is 11.4. The summed E-state index contributed by atoms with van der Waals surface area (Å²) in [5.74, 6) is -0.00864. The number of hydrogen-bond acceptors (Lipinski definition) is 7. The van der Waals surface area contributed by atoms with Crippen molar-refractivity contribution in [1.29, 1.82) is 0 Å². The number of halogens is 6. The second-order valence-corrected chi connectivity index (χ2v) is 9.71. The van der Waals surface area contributed by atoms with E-state index in [4.69, 9.17) is 14.0 Å². The molecule has 1 N–H and O–H groups in total. The minimum atomic E-state index is -4.46. The zero-order chi connectivity index (χ0) is 32.3. The van der Waals surface area contributed by atoms with Crippen LogP contribution in [-0.2, 0) is 23.9 Å². The summed E-state index contributed by atoms with van der Waals surface area (Å²) in [5.41, 5.74) is -0.0626. The number of ether oxygens (including phenoxy) is 2. The topological polar surface area (TPSA) is 97.9 Å². The number of carboxylic acids is 1. The Balaban J connectivity index is 0.00000169. The van der Waals surface area contributed by atoms with Gasteiger partial charge in [0.2, 0.25) is 13.8 Å². The van der Waals surface area contributed by atoms with E-state index in [0.29, 0.717) is 36.6 Å². The molecule has 0 bridgehead atoms. The first-order chi connectivity index (χ1) is 20.9. The molecule has 8 nitrogen and oxygen atoms in total. The van der Waals surface area contributed by atoms with Crippen LogP contribution in [0.4, 0.5) is 32.3 Å². The van der Waals surface area contributed by atoms with Gasteiger partial charge in [-0.15, -0.1) is 0 Å². The first-order valence-electron chi connectivity index (χ1n) is 13.0. The van der Waals surface area contributed by atoms with E-state index in [1.807, 2.05) is 17.0 Å². The highest BCUT2D eigenvalue weighted by atomic mass is 19.4. The van der Waals surface area contributed by atoms with Crippen LogP contribution in [0.1, 0.15) is 30.5 Å². The predicted octanol–water partition coefficient (Wildman–Crippen LogP) is 7.44. The van der Waals surface area contributed by atoms with E-state index in [9.17, 15) is 36.2 Å². The Morgan fingerprint density at radius 2 is 1.45 bits per heavy atom. The lowest BCUT2D eigenvalue weighted by Gasteiger charge is -2.22. The third-order valence-electron chi connectivity index (χ3n) is 6.16. The van der Waals surface area contributed by atoms with Crippen LogP contribution in [0.2, 0.25) is 0 Å². The van der Waals surface area contributed by atoms with Crippen LogP contribution in [0.25, 0.3) is 11.5 Å². The van der Waals surface area contributed by atoms with Crippen LogP contribution < -0.4 is 14.4 Å². The average Bonchev–Trinajstić information content (AvgIpc) is 3.47. The number of benzene rings is 3. The smallest absolute Gasteiger partial charge is 0.416 e. The molecule has 236 valence electrons. The maximum absolute atomic E-state index is 12.9. The fraction of sp³-hybridized carbons (Fsp3) is 0.300. The molecule has 44 heavy (non-hydrogen) atoms. The van der Waals surface area contributed by atoms with Gasteiger partial charge in [-0.25, -0.2) is 18.0 Å². The van der Waals surface area contributed by atoms with E-state index in [2.05, 4.69) is 10.1 Å². The molecule has 1 aromatic heterocycles. The van der Waals surface area contributed by atoms with Crippen molar-refractivity contribution in [3.05, 3.63) is 89.5 Å². The van der Waals surface area contributed by atoms with Gasteiger partial charge in [-0.2, -0.15) is 18.2 Å². The third kappa shape index (κ3) is 9.64. The van der Waals surface area contributed by atoms with Crippen molar-refractivity contribution < 1.29 is 50.2 Å². The molecule has 0 spiro atoms. The number of hydrogen-bond donors (Lipinski definition) is 1. The molecule has 0 fully saturated rings. The van der Waals surface area contributed by atoms with E-state index in [-0.39, 0.29) is 11.8 Å². The van der Waals surface area contributed by atoms with Gasteiger partial charge < -0.3 is 24.0 Å². The van der Waals surface area contributed by atoms with Crippen molar-refractivity contribution >= 4 is 11.9 Å². The summed E-state index contributed by atoms with van der Waals surface area (Å²) in [6.45, 7) is 0.993. The van der Waals surface area contributed by atoms with Crippen molar-refractivity contribution in [1.82, 2.24) is 10.1 Å². The van der Waals surface area contributed by atoms with Crippen LogP contribution in [-0.4, -0.2) is 47.2 Å². The summed E-state index contributed by atoms with van der Waals surface area (Å²) >= 11 is 0. The Bertz CT molecular complexity index is 1460. The van der Waals surface area contributed by atoms with Crippen molar-refractivity contribution in [2.45, 2.75) is 38.6 Å². The summed E-state index contributed by atoms with van der Waals surface area (Å²) in [6, 6.07) is 18.2. The van der Waals surface area contributed by atoms with E-state index < -0.39 is 37.1 Å². The molecule has 0 saturated heterocycles. The highest BCUT2D eigenvalue weighted by Crippen LogP contribution is 2.31. The van der Waals surface area contributed by atoms with E-state index in [0.717, 1.165) is 23.3 Å². The fourth-order valence-corrected chi connectivity index (χ4v) is 3.81. The van der Waals surface area contributed by atoms with Crippen LogP contribution in [0.5, 0.6) is 11.5 Å². The standard InChI is InChI=1S/C29H27F4N3O5.CH2F2/c1-28(2,26(37)38)40-24-13-3-19(4-14-24)15-16-36(17-20-5-11-23(12-6-20)39-18-30)27-34-25(41-35-27)21-7-9-22(10-8-21)29(31,32)33;2-1-3/h3-14H,15-18H2,1-2H3,(H,37,38);1H2. The molecule has 0 aliphatic carbocycles. The summed E-state index contributed by atoms with van der Waals surface area (Å²) in [5, 5.41) is 13.3. The lowest BCUT2D eigenvalue weighted by Crippen LogP contribution is -2.37. The molecule has 1 heterocycles. The van der Waals surface area contributed by atoms with Gasteiger partial charge in [-0.1, -0.05) is 24.3 Å². The first-order valence-corrected chi connectivity index (χ1v) is 13.0. The Hall–Kier alpha value is -4.75. The number of rotatable bonds is 12. The minimum absolute atomic E-state index is 0.0629. The number of alkyl halides is 6. The number of carboxylic acid groups (broad SMARTS) is 1. The molecule has 4 aromatic rings. The molecule has 0 atom stereocenters. The molecule has 0 unspecified atom stereocenters. The van der Waals surface area contributed by atoms with Crippen LogP contribution in [0.3, 0.4) is 0 Å². The highest BCUT2D eigenvalue weighted by Gasteiger charge is 2.30.